The summed E-state index contributed by atoms with van der Waals surface area (Å²) < 4.78 is 0. The van der Waals surface area contributed by atoms with Crippen LogP contribution in [0.2, 0.25) is 0 Å². The van der Waals surface area contributed by atoms with Crippen molar-refractivity contribution < 1.29 is 4.79 Å². The molecule has 2 nitrogen and oxygen atoms in total. The molecule has 0 aliphatic carbocycles. The van der Waals surface area contributed by atoms with Crippen molar-refractivity contribution in [3.05, 3.63) is 47.0 Å². The highest BCUT2D eigenvalue weighted by atomic mass is 32.2. The molecule has 0 radical (unpaired) electrons. The molecule has 1 aromatic carbocycles. The zero-order valence-corrected chi connectivity index (χ0v) is 10.5. The molecule has 2 heterocycles. The van der Waals surface area contributed by atoms with Crippen LogP contribution in [0.4, 0.5) is 0 Å². The second kappa shape index (κ2) is 4.57. The van der Waals surface area contributed by atoms with E-state index in [1.165, 1.54) is 17.9 Å². The summed E-state index contributed by atoms with van der Waals surface area (Å²) in [4.78, 5) is 14.5. The van der Waals surface area contributed by atoms with Gasteiger partial charge < -0.3 is 4.90 Å². The van der Waals surface area contributed by atoms with Gasteiger partial charge in [0, 0.05) is 30.0 Å². The van der Waals surface area contributed by atoms with Crippen LogP contribution in [-0.2, 0) is 0 Å². The number of thioether (sulfide) groups is 1. The highest BCUT2D eigenvalue weighted by Crippen LogP contribution is 2.38. The fourth-order valence-corrected chi connectivity index (χ4v) is 3.79. The Kier molecular flexibility index (Phi) is 2.93. The van der Waals surface area contributed by atoms with Crippen molar-refractivity contribution in [1.82, 2.24) is 4.90 Å². The van der Waals surface area contributed by atoms with Gasteiger partial charge in [-0.25, -0.2) is 0 Å². The largest absolute Gasteiger partial charge is 0.362 e. The summed E-state index contributed by atoms with van der Waals surface area (Å²) in [6, 6.07) is 10.2. The molecule has 0 bridgehead atoms. The maximum Gasteiger partial charge on any atom is 0.188 e. The van der Waals surface area contributed by atoms with Crippen LogP contribution >= 0.6 is 11.8 Å². The van der Waals surface area contributed by atoms with Crippen LogP contribution in [0, 0.1) is 0 Å². The van der Waals surface area contributed by atoms with Crippen molar-refractivity contribution in [3.8, 4) is 0 Å². The Hall–Kier alpha value is -1.22. The molecule has 0 saturated carbocycles. The van der Waals surface area contributed by atoms with Crippen molar-refractivity contribution in [2.45, 2.75) is 18.9 Å². The Morgan fingerprint density at radius 2 is 2.18 bits per heavy atom. The summed E-state index contributed by atoms with van der Waals surface area (Å²) >= 11 is 1.82. The summed E-state index contributed by atoms with van der Waals surface area (Å²) in [6.45, 7) is 1.12. The maximum atomic E-state index is 12.1. The molecular weight excluding hydrogens is 230 g/mol. The predicted octanol–water partition coefficient (Wildman–Crippen LogP) is 2.92. The minimum Gasteiger partial charge on any atom is -0.362 e. The normalized spacial score (nSPS) is 25.3. The number of allylic oxidation sites excluding steroid dienone is 1. The molecule has 0 unspecified atom stereocenters. The van der Waals surface area contributed by atoms with E-state index in [9.17, 15) is 4.79 Å². The molecule has 2 saturated heterocycles. The fourth-order valence-electron chi connectivity index (χ4n) is 2.49. The SMILES string of the molecule is O=C(/C=C1/SC[C@@H]2CCCN12)c1ccccc1. The Morgan fingerprint density at radius 3 is 3.00 bits per heavy atom. The predicted molar refractivity (Wildman–Crippen MR) is 71.0 cm³/mol. The van der Waals surface area contributed by atoms with E-state index in [4.69, 9.17) is 0 Å². The molecule has 88 valence electrons. The molecule has 0 amide bonds. The van der Waals surface area contributed by atoms with Crippen LogP contribution in [-0.4, -0.2) is 29.0 Å². The topological polar surface area (TPSA) is 20.3 Å². The Morgan fingerprint density at radius 1 is 1.35 bits per heavy atom. The highest BCUT2D eigenvalue weighted by Gasteiger charge is 2.32. The first kappa shape index (κ1) is 10.9. The molecule has 0 N–H and O–H groups in total. The summed E-state index contributed by atoms with van der Waals surface area (Å²) in [7, 11) is 0. The number of nitrogens with zero attached hydrogens (tertiary/aromatic N) is 1. The molecule has 17 heavy (non-hydrogen) atoms. The average Bonchev–Trinajstić information content (AvgIpc) is 2.95. The molecule has 1 atom stereocenters. The van der Waals surface area contributed by atoms with Crippen LogP contribution in [0.5, 0.6) is 0 Å². The van der Waals surface area contributed by atoms with Crippen LogP contribution in [0.1, 0.15) is 23.2 Å². The number of fused-ring (bicyclic) bond motifs is 1. The Bertz CT molecular complexity index is 455. The van der Waals surface area contributed by atoms with Gasteiger partial charge in [-0.1, -0.05) is 30.3 Å². The van der Waals surface area contributed by atoms with Crippen LogP contribution in [0.25, 0.3) is 0 Å². The number of benzene rings is 1. The lowest BCUT2D eigenvalue weighted by molar-refractivity contribution is 0.104. The van der Waals surface area contributed by atoms with E-state index in [1.54, 1.807) is 0 Å². The number of ketones is 1. The van der Waals surface area contributed by atoms with Gasteiger partial charge in [0.15, 0.2) is 5.78 Å². The molecule has 3 heteroatoms. The van der Waals surface area contributed by atoms with Crippen molar-refractivity contribution in [1.29, 1.82) is 0 Å². The number of hydrogen-bond donors (Lipinski definition) is 0. The number of rotatable bonds is 2. The summed E-state index contributed by atoms with van der Waals surface area (Å²) in [5.74, 6) is 1.27. The summed E-state index contributed by atoms with van der Waals surface area (Å²) in [5.41, 5.74) is 0.781. The Labute approximate surface area is 106 Å². The smallest absolute Gasteiger partial charge is 0.188 e. The molecule has 1 aromatic rings. The quantitative estimate of drug-likeness (QED) is 0.590. The summed E-state index contributed by atoms with van der Waals surface area (Å²) in [6.07, 6.45) is 4.36. The molecule has 2 fully saturated rings. The van der Waals surface area contributed by atoms with Gasteiger partial charge >= 0.3 is 0 Å². The van der Waals surface area contributed by atoms with Gasteiger partial charge in [-0.15, -0.1) is 11.8 Å². The van der Waals surface area contributed by atoms with Gasteiger partial charge in [0.2, 0.25) is 0 Å². The van der Waals surface area contributed by atoms with E-state index in [-0.39, 0.29) is 5.78 Å². The maximum absolute atomic E-state index is 12.1. The van der Waals surface area contributed by atoms with Crippen molar-refractivity contribution in [2.24, 2.45) is 0 Å². The Balaban J connectivity index is 1.80. The first-order valence-electron chi connectivity index (χ1n) is 6.05. The minimum atomic E-state index is 0.126. The lowest BCUT2D eigenvalue weighted by atomic mass is 10.1. The summed E-state index contributed by atoms with van der Waals surface area (Å²) in [5, 5.41) is 1.17. The third-order valence-corrected chi connectivity index (χ3v) is 4.60. The van der Waals surface area contributed by atoms with Crippen molar-refractivity contribution in [2.75, 3.05) is 12.3 Å². The zero-order chi connectivity index (χ0) is 11.7. The standard InChI is InChI=1S/C14H15NOS/c16-13(11-5-2-1-3-6-11)9-14-15-8-4-7-12(15)10-17-14/h1-3,5-6,9,12H,4,7-8,10H2/b14-9+/t12-/m0/s1. The first-order chi connectivity index (χ1) is 8.34. The van der Waals surface area contributed by atoms with E-state index in [2.05, 4.69) is 4.90 Å². The molecule has 0 spiro atoms. The molecular formula is C14H15NOS. The fraction of sp³-hybridized carbons (Fsp3) is 0.357. The highest BCUT2D eigenvalue weighted by molar-refractivity contribution is 8.03. The van der Waals surface area contributed by atoms with E-state index in [0.717, 1.165) is 17.9 Å². The first-order valence-corrected chi connectivity index (χ1v) is 7.04. The second-order valence-electron chi connectivity index (χ2n) is 4.51. The monoisotopic (exact) mass is 245 g/mol. The van der Waals surface area contributed by atoms with Gasteiger partial charge in [-0.05, 0) is 12.8 Å². The van der Waals surface area contributed by atoms with Gasteiger partial charge in [0.1, 0.15) is 0 Å². The third-order valence-electron chi connectivity index (χ3n) is 3.40. The molecule has 3 rings (SSSR count). The van der Waals surface area contributed by atoms with Crippen molar-refractivity contribution in [3.63, 3.8) is 0 Å². The van der Waals surface area contributed by atoms with Gasteiger partial charge in [-0.2, -0.15) is 0 Å². The number of carbonyl (C=O) groups excluding carboxylic acids is 1. The van der Waals surface area contributed by atoms with E-state index >= 15 is 0 Å². The van der Waals surface area contributed by atoms with Crippen LogP contribution in [0.15, 0.2) is 41.4 Å². The van der Waals surface area contributed by atoms with Crippen LogP contribution < -0.4 is 0 Å². The van der Waals surface area contributed by atoms with E-state index in [0.29, 0.717) is 6.04 Å². The lowest BCUT2D eigenvalue weighted by Crippen LogP contribution is -2.22. The van der Waals surface area contributed by atoms with Gasteiger partial charge in [0.05, 0.1) is 5.03 Å². The van der Waals surface area contributed by atoms with E-state index < -0.39 is 0 Å². The number of carbonyl (C=O) groups is 1. The van der Waals surface area contributed by atoms with E-state index in [1.807, 2.05) is 48.2 Å². The van der Waals surface area contributed by atoms with Crippen LogP contribution in [0.3, 0.4) is 0 Å². The number of hydrogen-bond acceptors (Lipinski definition) is 3. The van der Waals surface area contributed by atoms with Gasteiger partial charge in [-0.3, -0.25) is 4.79 Å². The minimum absolute atomic E-state index is 0.126. The second-order valence-corrected chi connectivity index (χ2v) is 5.55. The molecule has 2 aliphatic heterocycles. The zero-order valence-electron chi connectivity index (χ0n) is 9.63. The average molecular weight is 245 g/mol. The van der Waals surface area contributed by atoms with Crippen molar-refractivity contribution >= 4 is 17.5 Å². The van der Waals surface area contributed by atoms with Gasteiger partial charge in [0.25, 0.3) is 0 Å². The third kappa shape index (κ3) is 2.12. The lowest BCUT2D eigenvalue weighted by Gasteiger charge is -2.17. The molecule has 0 aromatic heterocycles. The molecule has 2 aliphatic rings.